The second kappa shape index (κ2) is 47.0. The predicted molar refractivity (Wildman–Crippen MR) is 478 cm³/mol. The molecule has 4 nitrogen and oxygen atoms in total. The molecule has 0 fully saturated rings. The number of benzene rings is 14. The van der Waals surface area contributed by atoms with Crippen LogP contribution in [-0.2, 0) is 20.4 Å². The second-order valence-electron chi connectivity index (χ2n) is 24.1. The number of nitrogens with zero attached hydrogens (tertiary/aromatic N) is 2. The van der Waals surface area contributed by atoms with Gasteiger partial charge >= 0.3 is 7.12 Å². The number of hydrogen-bond acceptors (Lipinski definition) is 4. The molecule has 16 aromatic rings. The van der Waals surface area contributed by atoms with Gasteiger partial charge < -0.3 is 10.0 Å². The fourth-order valence-electron chi connectivity index (χ4n) is 11.3. The first-order chi connectivity index (χ1) is 53.1. The summed E-state index contributed by atoms with van der Waals surface area (Å²) in [5.41, 5.74) is 4.70. The van der Waals surface area contributed by atoms with E-state index < -0.39 is 38.8 Å². The van der Waals surface area contributed by atoms with Gasteiger partial charge in [-0.15, -0.1) is 0 Å². The van der Waals surface area contributed by atoms with Gasteiger partial charge in [-0.05, 0) is 161 Å². The van der Waals surface area contributed by atoms with Gasteiger partial charge in [-0.25, -0.2) is 4.98 Å². The van der Waals surface area contributed by atoms with Crippen molar-refractivity contribution in [3.63, 3.8) is 0 Å². The van der Waals surface area contributed by atoms with E-state index in [-0.39, 0.29) is 20.4 Å². The molecule has 14 aromatic carbocycles. The van der Waals surface area contributed by atoms with E-state index in [0.717, 1.165) is 16.8 Å². The monoisotopic (exact) mass is 1680 g/mol. The predicted octanol–water partition coefficient (Wildman–Crippen LogP) is 19.7. The first kappa shape index (κ1) is 83.8. The van der Waals surface area contributed by atoms with E-state index in [9.17, 15) is 0 Å². The van der Waals surface area contributed by atoms with E-state index in [1.807, 2.05) is 37.3 Å². The van der Waals surface area contributed by atoms with Gasteiger partial charge in [0.15, 0.2) is 0 Å². The Kier molecular flexibility index (Phi) is 36.2. The Morgan fingerprint density at radius 3 is 0.661 bits per heavy atom. The summed E-state index contributed by atoms with van der Waals surface area (Å²) in [7, 11) is -3.13. The summed E-state index contributed by atoms with van der Waals surface area (Å²) in [5.74, 6) is 0. The van der Waals surface area contributed by atoms with Gasteiger partial charge in [0, 0.05) is 38.4 Å². The van der Waals surface area contributed by atoms with Crippen molar-refractivity contribution in [3.05, 3.63) is 475 Å². The second-order valence-corrected chi connectivity index (χ2v) is 34.6. The third-order valence-corrected chi connectivity index (χ3v) is 27.5. The maximum atomic E-state index is 8.70. The zero-order chi connectivity index (χ0) is 75.2. The summed E-state index contributed by atoms with van der Waals surface area (Å²) in [6, 6.07) is 152. The minimum Gasteiger partial charge on any atom is -0.423 e. The SMILES string of the molecule is Cc1cccc(-c2ncccc2Cl)c1.Cc1cccc(B(O)O)c1.Clc1cccnc1Br.[Pd].c1ccc(P(c2ccccc2)c2ccccc2)cc1.c1ccc(P(c2ccccc2)c2ccccc2)cc1.c1ccc(P(c2ccccc2)c2ccccc2)cc1.c1ccc(P(c2ccccc2)c2ccccc2)cc1. The van der Waals surface area contributed by atoms with Crippen LogP contribution in [-0.4, -0.2) is 27.1 Å². The molecule has 13 heteroatoms. The molecule has 0 atom stereocenters. The van der Waals surface area contributed by atoms with Gasteiger partial charge in [0.25, 0.3) is 0 Å². The van der Waals surface area contributed by atoms with E-state index in [0.29, 0.717) is 20.1 Å². The van der Waals surface area contributed by atoms with Gasteiger partial charge in [0.2, 0.25) is 0 Å². The molecular weight excluding hydrogens is 1610 g/mol. The van der Waals surface area contributed by atoms with Crippen molar-refractivity contribution in [1.29, 1.82) is 0 Å². The number of halogens is 3. The van der Waals surface area contributed by atoms with Crippen LogP contribution in [0.25, 0.3) is 11.3 Å². The van der Waals surface area contributed by atoms with Crippen LogP contribution < -0.4 is 69.1 Å². The molecule has 0 radical (unpaired) electrons. The van der Waals surface area contributed by atoms with Crippen LogP contribution in [0.3, 0.4) is 0 Å². The Balaban J connectivity index is 0.000000149. The van der Waals surface area contributed by atoms with Crippen LogP contribution in [0, 0.1) is 13.8 Å². The summed E-state index contributed by atoms with van der Waals surface area (Å²) in [6.07, 6.45) is 3.43. The van der Waals surface area contributed by atoms with Crippen LogP contribution in [0.5, 0.6) is 0 Å². The molecule has 0 aliphatic rings. The van der Waals surface area contributed by atoms with Crippen molar-refractivity contribution >= 4 is 147 Å². The van der Waals surface area contributed by atoms with Crippen molar-refractivity contribution in [2.24, 2.45) is 0 Å². The van der Waals surface area contributed by atoms with E-state index in [4.69, 9.17) is 33.2 Å². The van der Waals surface area contributed by atoms with E-state index in [1.54, 1.807) is 42.7 Å². The Morgan fingerprint density at radius 1 is 0.257 bits per heavy atom. The average molecular weight is 1690 g/mol. The summed E-state index contributed by atoms with van der Waals surface area (Å²) in [6.45, 7) is 3.96. The number of hydrogen-bond donors (Lipinski definition) is 2. The molecule has 109 heavy (non-hydrogen) atoms. The fraction of sp³-hybridized carbons (Fsp3) is 0.0208. The minimum atomic E-state index is -1.35. The number of rotatable bonds is 14. The summed E-state index contributed by atoms with van der Waals surface area (Å²) in [4.78, 5) is 8.12. The van der Waals surface area contributed by atoms with Gasteiger partial charge in [-0.3, -0.25) is 4.98 Å². The van der Waals surface area contributed by atoms with Crippen molar-refractivity contribution in [3.8, 4) is 11.3 Å². The smallest absolute Gasteiger partial charge is 0.423 e. The summed E-state index contributed by atoms with van der Waals surface area (Å²) in [5, 5.41) is 35.5. The van der Waals surface area contributed by atoms with Crippen LogP contribution in [0.15, 0.2) is 454 Å². The van der Waals surface area contributed by atoms with Crippen molar-refractivity contribution in [2.45, 2.75) is 13.8 Å². The maximum absolute atomic E-state index is 8.70. The van der Waals surface area contributed by atoms with Crippen molar-refractivity contribution < 1.29 is 30.5 Å². The molecule has 16 rings (SSSR count). The maximum Gasteiger partial charge on any atom is 0.488 e. The molecule has 0 spiro atoms. The van der Waals surface area contributed by atoms with Gasteiger partial charge in [0.05, 0.1) is 15.7 Å². The number of aryl methyl sites for hydroxylation is 2. The van der Waals surface area contributed by atoms with Crippen LogP contribution in [0.1, 0.15) is 11.1 Å². The van der Waals surface area contributed by atoms with Crippen LogP contribution in [0.4, 0.5) is 0 Å². The Hall–Kier alpha value is -9.19. The van der Waals surface area contributed by atoms with Gasteiger partial charge in [-0.1, -0.05) is 441 Å². The molecule has 2 heterocycles. The molecule has 0 bridgehead atoms. The molecule has 0 unspecified atom stereocenters. The number of aromatic nitrogens is 2. The van der Waals surface area contributed by atoms with Crippen LogP contribution in [0.2, 0.25) is 10.0 Å². The topological polar surface area (TPSA) is 66.2 Å². The minimum absolute atomic E-state index is 0. The molecule has 2 N–H and O–H groups in total. The first-order valence-electron chi connectivity index (χ1n) is 35.3. The molecule has 0 amide bonds. The van der Waals surface area contributed by atoms with E-state index in [1.165, 1.54) is 69.2 Å². The normalized spacial score (nSPS) is 10.2. The molecule has 542 valence electrons. The van der Waals surface area contributed by atoms with E-state index >= 15 is 0 Å². The zero-order valence-electron chi connectivity index (χ0n) is 60.3. The average Bonchev–Trinajstić information content (AvgIpc) is 0.836. The number of pyridine rings is 2. The van der Waals surface area contributed by atoms with Gasteiger partial charge in [0.1, 0.15) is 4.60 Å². The quantitative estimate of drug-likeness (QED) is 0.0647. The van der Waals surface area contributed by atoms with Crippen molar-refractivity contribution in [2.75, 3.05) is 0 Å². The Morgan fingerprint density at radius 2 is 0.477 bits per heavy atom. The molecule has 0 saturated carbocycles. The Labute approximate surface area is 681 Å². The summed E-state index contributed by atoms with van der Waals surface area (Å²) < 4.78 is 0.696. The standard InChI is InChI=1S/4C18H15P.C12H10ClN.C7H9BO2.C5H3BrClN.Pd/c4*1-4-10-16(11-5-1)19(17-12-6-2-7-13-17)18-14-8-3-9-15-18;1-9-4-2-5-10(8-9)12-11(13)6-3-7-14-12;1-6-3-2-4-7(5-6)8(9)10;6-5-4(7)2-1-3-8-5;/h4*1-15H;2-8H,1H3;2-5,9-10H,1H3;1-3H;. The molecule has 0 aliphatic carbocycles. The molecule has 2 aromatic heterocycles. The fourth-order valence-corrected chi connectivity index (χ4v) is 21.1. The zero-order valence-corrected chi connectivity index (χ0v) is 68.6. The van der Waals surface area contributed by atoms with Gasteiger partial charge in [-0.2, -0.15) is 0 Å². The third-order valence-electron chi connectivity index (χ3n) is 16.3. The first-order valence-corrected chi connectivity index (χ1v) is 42.2. The Bertz CT molecular complexity index is 4270. The third kappa shape index (κ3) is 27.1. The molecular formula is C96H82BBrCl2N2O2P4Pd. The molecule has 0 aliphatic heterocycles. The largest absolute Gasteiger partial charge is 0.488 e. The van der Waals surface area contributed by atoms with Crippen molar-refractivity contribution in [1.82, 2.24) is 9.97 Å². The summed E-state index contributed by atoms with van der Waals surface area (Å²) >= 11 is 14.8. The van der Waals surface area contributed by atoms with E-state index in [2.05, 4.69) is 409 Å². The molecule has 0 saturated heterocycles. The van der Waals surface area contributed by atoms with Crippen LogP contribution >= 0.6 is 70.8 Å².